The summed E-state index contributed by atoms with van der Waals surface area (Å²) in [6, 6.07) is 9.78. The monoisotopic (exact) mass is 401 g/mol. The van der Waals surface area contributed by atoms with Crippen LogP contribution in [-0.2, 0) is 9.53 Å². The van der Waals surface area contributed by atoms with Crippen molar-refractivity contribution in [3.05, 3.63) is 46.1 Å². The number of fused-ring (bicyclic) bond motifs is 1. The predicted octanol–water partition coefficient (Wildman–Crippen LogP) is 3.04. The Kier molecular flexibility index (Phi) is 5.56. The lowest BCUT2D eigenvalue weighted by Crippen LogP contribution is -2.33. The number of nitrogens with zero attached hydrogens (tertiary/aromatic N) is 1. The summed E-state index contributed by atoms with van der Waals surface area (Å²) in [5.41, 5.74) is 1.70. The number of aromatic nitrogens is 2. The highest BCUT2D eigenvalue weighted by Gasteiger charge is 2.17. The van der Waals surface area contributed by atoms with Crippen molar-refractivity contribution in [1.82, 2.24) is 15.3 Å². The number of ether oxygens (including phenoxy) is 1. The number of H-pyrrole nitrogens is 1. The topological polar surface area (TPSA) is 84.1 Å². The standard InChI is InChI=1S/C19H19N3O3S2/c23-15(20-9-13-7-4-8-25-13)11-27-19-21-17(24)16-14(10-26-18(16)22-19)12-5-2-1-3-6-12/h1-3,5-6,10,13H,4,7-9,11H2,(H,20,23)(H,21,22,24). The van der Waals surface area contributed by atoms with Gasteiger partial charge in [-0.2, -0.15) is 0 Å². The zero-order chi connectivity index (χ0) is 18.6. The Morgan fingerprint density at radius 3 is 3.00 bits per heavy atom. The molecule has 1 fully saturated rings. The lowest BCUT2D eigenvalue weighted by molar-refractivity contribution is -0.119. The molecule has 1 amide bonds. The molecule has 2 N–H and O–H groups in total. The molecule has 0 bridgehead atoms. The molecule has 1 aromatic carbocycles. The molecule has 1 saturated heterocycles. The molecular formula is C19H19N3O3S2. The number of thiophene rings is 1. The van der Waals surface area contributed by atoms with Crippen molar-refractivity contribution >= 4 is 39.2 Å². The number of amides is 1. The van der Waals surface area contributed by atoms with E-state index in [2.05, 4.69) is 15.3 Å². The number of carbonyl (C=O) groups excluding carboxylic acids is 1. The van der Waals surface area contributed by atoms with Crippen LogP contribution in [0.15, 0.2) is 45.7 Å². The van der Waals surface area contributed by atoms with Crippen molar-refractivity contribution in [3.8, 4) is 11.1 Å². The highest BCUT2D eigenvalue weighted by Crippen LogP contribution is 2.31. The van der Waals surface area contributed by atoms with Gasteiger partial charge in [0.1, 0.15) is 4.83 Å². The first-order valence-electron chi connectivity index (χ1n) is 8.79. The predicted molar refractivity (Wildman–Crippen MR) is 108 cm³/mol. The second-order valence-electron chi connectivity index (χ2n) is 6.29. The van der Waals surface area contributed by atoms with Gasteiger partial charge in [0.25, 0.3) is 5.56 Å². The first kappa shape index (κ1) is 18.2. The molecule has 27 heavy (non-hydrogen) atoms. The van der Waals surface area contributed by atoms with E-state index in [1.165, 1.54) is 23.1 Å². The van der Waals surface area contributed by atoms with Crippen LogP contribution in [0.1, 0.15) is 12.8 Å². The van der Waals surface area contributed by atoms with Crippen LogP contribution < -0.4 is 10.9 Å². The molecule has 6 nitrogen and oxygen atoms in total. The minimum atomic E-state index is -0.178. The number of hydrogen-bond acceptors (Lipinski definition) is 6. The second kappa shape index (κ2) is 8.24. The Balaban J connectivity index is 1.44. The summed E-state index contributed by atoms with van der Waals surface area (Å²) in [4.78, 5) is 32.6. The van der Waals surface area contributed by atoms with Crippen molar-refractivity contribution in [2.75, 3.05) is 18.9 Å². The summed E-state index contributed by atoms with van der Waals surface area (Å²) in [5.74, 6) is 0.118. The van der Waals surface area contributed by atoms with Crippen LogP contribution >= 0.6 is 23.1 Å². The van der Waals surface area contributed by atoms with Gasteiger partial charge in [-0.15, -0.1) is 11.3 Å². The second-order valence-corrected chi connectivity index (χ2v) is 8.12. The highest BCUT2D eigenvalue weighted by atomic mass is 32.2. The largest absolute Gasteiger partial charge is 0.376 e. The molecule has 1 aliphatic heterocycles. The Morgan fingerprint density at radius 2 is 2.22 bits per heavy atom. The van der Waals surface area contributed by atoms with Crippen LogP contribution in [0.25, 0.3) is 21.3 Å². The van der Waals surface area contributed by atoms with Gasteiger partial charge >= 0.3 is 0 Å². The maximum absolute atomic E-state index is 12.6. The maximum atomic E-state index is 12.6. The number of carbonyl (C=O) groups is 1. The summed E-state index contributed by atoms with van der Waals surface area (Å²) in [6.07, 6.45) is 2.16. The van der Waals surface area contributed by atoms with Crippen molar-refractivity contribution in [2.24, 2.45) is 0 Å². The van der Waals surface area contributed by atoms with E-state index in [0.717, 1.165) is 30.6 Å². The number of rotatable bonds is 6. The number of aromatic amines is 1. The van der Waals surface area contributed by atoms with Crippen molar-refractivity contribution < 1.29 is 9.53 Å². The smallest absolute Gasteiger partial charge is 0.260 e. The first-order valence-corrected chi connectivity index (χ1v) is 10.7. The Hall–Kier alpha value is -2.16. The highest BCUT2D eigenvalue weighted by molar-refractivity contribution is 7.99. The molecular weight excluding hydrogens is 382 g/mol. The Morgan fingerprint density at radius 1 is 1.37 bits per heavy atom. The number of nitrogens with one attached hydrogen (secondary N) is 2. The third kappa shape index (κ3) is 4.23. The van der Waals surface area contributed by atoms with Crippen LogP contribution in [0.5, 0.6) is 0 Å². The average molecular weight is 402 g/mol. The minimum absolute atomic E-state index is 0.0885. The van der Waals surface area contributed by atoms with E-state index < -0.39 is 0 Å². The van der Waals surface area contributed by atoms with E-state index in [1.54, 1.807) is 0 Å². The Bertz CT molecular complexity index is 994. The van der Waals surface area contributed by atoms with Crippen LogP contribution in [0.3, 0.4) is 0 Å². The maximum Gasteiger partial charge on any atom is 0.260 e. The van der Waals surface area contributed by atoms with Crippen molar-refractivity contribution in [1.29, 1.82) is 0 Å². The van der Waals surface area contributed by atoms with Gasteiger partial charge in [-0.3, -0.25) is 9.59 Å². The molecule has 0 radical (unpaired) electrons. The van der Waals surface area contributed by atoms with E-state index in [1.807, 2.05) is 35.7 Å². The molecule has 0 aliphatic carbocycles. The number of benzene rings is 1. The molecule has 4 rings (SSSR count). The molecule has 2 aromatic heterocycles. The number of hydrogen-bond donors (Lipinski definition) is 2. The fourth-order valence-corrected chi connectivity index (χ4v) is 4.74. The summed E-state index contributed by atoms with van der Waals surface area (Å²) < 4.78 is 5.49. The third-order valence-electron chi connectivity index (χ3n) is 4.40. The van der Waals surface area contributed by atoms with E-state index in [9.17, 15) is 9.59 Å². The first-order chi connectivity index (χ1) is 13.2. The molecule has 8 heteroatoms. The third-order valence-corrected chi connectivity index (χ3v) is 6.14. The normalized spacial score (nSPS) is 16.7. The quantitative estimate of drug-likeness (QED) is 0.490. The summed E-state index contributed by atoms with van der Waals surface area (Å²) in [5, 5.41) is 5.87. The van der Waals surface area contributed by atoms with E-state index in [-0.39, 0.29) is 23.3 Å². The van der Waals surface area contributed by atoms with Gasteiger partial charge in [0.2, 0.25) is 5.91 Å². The van der Waals surface area contributed by atoms with Crippen molar-refractivity contribution in [3.63, 3.8) is 0 Å². The van der Waals surface area contributed by atoms with Gasteiger partial charge in [-0.1, -0.05) is 42.1 Å². The molecule has 0 spiro atoms. The van der Waals surface area contributed by atoms with Gasteiger partial charge < -0.3 is 15.0 Å². The molecule has 1 atom stereocenters. The van der Waals surface area contributed by atoms with Gasteiger partial charge in [0.15, 0.2) is 5.16 Å². The van der Waals surface area contributed by atoms with E-state index >= 15 is 0 Å². The van der Waals surface area contributed by atoms with Gasteiger partial charge in [-0.25, -0.2) is 4.98 Å². The summed E-state index contributed by atoms with van der Waals surface area (Å²) in [6.45, 7) is 1.31. The van der Waals surface area contributed by atoms with Gasteiger partial charge in [0, 0.05) is 24.1 Å². The van der Waals surface area contributed by atoms with E-state index in [0.29, 0.717) is 21.9 Å². The Labute approximate surface area is 164 Å². The molecule has 1 unspecified atom stereocenters. The fourth-order valence-electron chi connectivity index (χ4n) is 3.05. The van der Waals surface area contributed by atoms with Crippen LogP contribution in [-0.4, -0.2) is 40.9 Å². The fraction of sp³-hybridized carbons (Fsp3) is 0.316. The van der Waals surface area contributed by atoms with Crippen molar-refractivity contribution in [2.45, 2.75) is 24.1 Å². The molecule has 3 heterocycles. The zero-order valence-corrected chi connectivity index (χ0v) is 16.2. The minimum Gasteiger partial charge on any atom is -0.376 e. The lowest BCUT2D eigenvalue weighted by atomic mass is 10.1. The molecule has 1 aliphatic rings. The summed E-state index contributed by atoms with van der Waals surface area (Å²) in [7, 11) is 0. The lowest BCUT2D eigenvalue weighted by Gasteiger charge is -2.10. The zero-order valence-electron chi connectivity index (χ0n) is 14.6. The number of thioether (sulfide) groups is 1. The van der Waals surface area contributed by atoms with Gasteiger partial charge in [0.05, 0.1) is 17.2 Å². The molecule has 0 saturated carbocycles. The van der Waals surface area contributed by atoms with Crippen LogP contribution in [0.4, 0.5) is 0 Å². The SMILES string of the molecule is O=C(CSc1nc2scc(-c3ccccc3)c2c(=O)[nH]1)NCC1CCCO1. The van der Waals surface area contributed by atoms with Crippen LogP contribution in [0.2, 0.25) is 0 Å². The summed E-state index contributed by atoms with van der Waals surface area (Å²) >= 11 is 2.67. The van der Waals surface area contributed by atoms with E-state index in [4.69, 9.17) is 4.74 Å². The molecule has 3 aromatic rings. The van der Waals surface area contributed by atoms with Gasteiger partial charge in [-0.05, 0) is 18.4 Å². The van der Waals surface area contributed by atoms with Crippen LogP contribution in [0, 0.1) is 0 Å². The average Bonchev–Trinajstić information content (AvgIpc) is 3.35. The molecule has 140 valence electrons.